The summed E-state index contributed by atoms with van der Waals surface area (Å²) in [6, 6.07) is 0. The maximum absolute atomic E-state index is 12.4. The highest BCUT2D eigenvalue weighted by molar-refractivity contribution is 6.33. The molecule has 0 radical (unpaired) electrons. The quantitative estimate of drug-likeness (QED) is 0.424. The number of alkyl halides is 4. The van der Waals surface area contributed by atoms with Crippen LogP contribution in [0.1, 0.15) is 6.92 Å². The molecule has 3 nitrogen and oxygen atoms in total. The average Bonchev–Trinajstić information content (AvgIpc) is 2.12. The minimum absolute atomic E-state index is 0.221. The van der Waals surface area contributed by atoms with Gasteiger partial charge in [0.25, 0.3) is 0 Å². The Balaban J connectivity index is 4.84. The molecule has 88 valence electrons. The minimum Gasteiger partial charge on any atom is -0.463 e. The second-order valence-corrected chi connectivity index (χ2v) is 2.95. The van der Waals surface area contributed by atoms with Crippen molar-refractivity contribution in [3.63, 3.8) is 0 Å². The lowest BCUT2D eigenvalue weighted by molar-refractivity contribution is -0.244. The summed E-state index contributed by atoms with van der Waals surface area (Å²) < 4.78 is 45.6. The Morgan fingerprint density at radius 2 is 2.07 bits per heavy atom. The monoisotopic (exact) mass is 246 g/mol. The predicted octanol–water partition coefficient (Wildman–Crippen LogP) is 2.25. The number of carbonyl (C=O) groups excluding carboxylic acids is 1. The zero-order valence-electron chi connectivity index (χ0n) is 7.94. The van der Waals surface area contributed by atoms with Gasteiger partial charge in [0.2, 0.25) is 0 Å². The van der Waals surface area contributed by atoms with E-state index in [0.29, 0.717) is 0 Å². The first-order valence-corrected chi connectivity index (χ1v) is 4.35. The lowest BCUT2D eigenvalue weighted by atomic mass is 10.3. The fourth-order valence-electron chi connectivity index (χ4n) is 0.654. The first-order chi connectivity index (χ1) is 6.79. The van der Waals surface area contributed by atoms with Crippen LogP contribution in [-0.4, -0.2) is 30.4 Å². The molecule has 0 aliphatic rings. The Bertz CT molecular complexity index is 242. The molecule has 0 amide bonds. The van der Waals surface area contributed by atoms with Gasteiger partial charge >= 0.3 is 17.2 Å². The van der Waals surface area contributed by atoms with Crippen LogP contribution in [0, 0.1) is 0 Å². The molecule has 7 heteroatoms. The van der Waals surface area contributed by atoms with Crippen LogP contribution in [0.4, 0.5) is 13.2 Å². The van der Waals surface area contributed by atoms with Gasteiger partial charge in [-0.05, 0) is 6.92 Å². The van der Waals surface area contributed by atoms with Crippen molar-refractivity contribution in [1.82, 2.24) is 0 Å². The van der Waals surface area contributed by atoms with Gasteiger partial charge in [0, 0.05) is 0 Å². The van der Waals surface area contributed by atoms with E-state index >= 15 is 0 Å². The third kappa shape index (κ3) is 3.39. The molecular formula is C8H10ClF3O3. The zero-order chi connectivity index (χ0) is 12.1. The Morgan fingerprint density at radius 1 is 1.53 bits per heavy atom. The lowest BCUT2D eigenvalue weighted by Gasteiger charge is -2.26. The molecule has 0 saturated carbocycles. The molecular weight excluding hydrogens is 237 g/mol. The van der Waals surface area contributed by atoms with E-state index in [0.717, 1.165) is 6.08 Å². The standard InChI is InChI=1S/C8H10ClF3O3/c1-3-5-15-7(9,8(10,11)12)6(13)14-4-2/h3H,1,4-5H2,2H3. The van der Waals surface area contributed by atoms with Crippen molar-refractivity contribution in [2.75, 3.05) is 13.2 Å². The molecule has 15 heavy (non-hydrogen) atoms. The summed E-state index contributed by atoms with van der Waals surface area (Å²) in [5, 5.41) is -3.46. The van der Waals surface area contributed by atoms with Gasteiger partial charge in [-0.15, -0.1) is 6.58 Å². The summed E-state index contributed by atoms with van der Waals surface area (Å²) >= 11 is 5.05. The summed E-state index contributed by atoms with van der Waals surface area (Å²) in [6.45, 7) is 3.77. The van der Waals surface area contributed by atoms with Crippen molar-refractivity contribution >= 4 is 17.6 Å². The molecule has 0 spiro atoms. The van der Waals surface area contributed by atoms with Gasteiger partial charge in [0.15, 0.2) is 0 Å². The van der Waals surface area contributed by atoms with E-state index in [-0.39, 0.29) is 6.61 Å². The molecule has 0 aliphatic carbocycles. The molecule has 1 atom stereocenters. The molecule has 0 aromatic carbocycles. The summed E-state index contributed by atoms with van der Waals surface area (Å²) in [5.41, 5.74) is 0. The smallest absolute Gasteiger partial charge is 0.443 e. The van der Waals surface area contributed by atoms with Crippen molar-refractivity contribution in [2.45, 2.75) is 18.2 Å². The molecule has 0 aliphatic heterocycles. The van der Waals surface area contributed by atoms with E-state index in [1.54, 1.807) is 0 Å². The second-order valence-electron chi connectivity index (χ2n) is 2.41. The number of rotatable bonds is 5. The van der Waals surface area contributed by atoms with Gasteiger partial charge < -0.3 is 9.47 Å². The Hall–Kier alpha value is -0.750. The topological polar surface area (TPSA) is 35.5 Å². The largest absolute Gasteiger partial charge is 0.463 e. The van der Waals surface area contributed by atoms with Gasteiger partial charge in [-0.1, -0.05) is 17.7 Å². The fourth-order valence-corrected chi connectivity index (χ4v) is 0.772. The molecule has 1 unspecified atom stereocenters. The molecule has 0 aromatic heterocycles. The molecule has 0 fully saturated rings. The van der Waals surface area contributed by atoms with E-state index in [4.69, 9.17) is 11.6 Å². The summed E-state index contributed by atoms with van der Waals surface area (Å²) in [4.78, 5) is 11.0. The number of hydrogen-bond acceptors (Lipinski definition) is 3. The lowest BCUT2D eigenvalue weighted by Crippen LogP contribution is -2.50. The molecule has 0 aromatic rings. The first kappa shape index (κ1) is 14.2. The van der Waals surface area contributed by atoms with Crippen LogP contribution in [0.15, 0.2) is 12.7 Å². The molecule has 0 rings (SSSR count). The summed E-state index contributed by atoms with van der Waals surface area (Å²) in [6.07, 6.45) is -4.01. The van der Waals surface area contributed by atoms with Crippen molar-refractivity contribution in [3.05, 3.63) is 12.7 Å². The number of ether oxygens (including phenoxy) is 2. The third-order valence-electron chi connectivity index (χ3n) is 1.30. The minimum atomic E-state index is -5.05. The predicted molar refractivity (Wildman–Crippen MR) is 47.4 cm³/mol. The maximum atomic E-state index is 12.4. The van der Waals surface area contributed by atoms with E-state index in [2.05, 4.69) is 16.1 Å². The van der Waals surface area contributed by atoms with Crippen molar-refractivity contribution in [2.24, 2.45) is 0 Å². The zero-order valence-corrected chi connectivity index (χ0v) is 8.69. The van der Waals surface area contributed by atoms with Gasteiger partial charge in [0.05, 0.1) is 13.2 Å². The van der Waals surface area contributed by atoms with Crippen LogP contribution < -0.4 is 0 Å². The van der Waals surface area contributed by atoms with E-state index in [9.17, 15) is 18.0 Å². The van der Waals surface area contributed by atoms with E-state index in [1.807, 2.05) is 0 Å². The normalized spacial score (nSPS) is 15.5. The van der Waals surface area contributed by atoms with Gasteiger partial charge in [0.1, 0.15) is 0 Å². The molecule has 0 heterocycles. The number of hydrogen-bond donors (Lipinski definition) is 0. The Labute approximate surface area is 89.8 Å². The van der Waals surface area contributed by atoms with Gasteiger partial charge in [-0.3, -0.25) is 0 Å². The number of esters is 1. The van der Waals surface area contributed by atoms with Crippen molar-refractivity contribution < 1.29 is 27.4 Å². The van der Waals surface area contributed by atoms with E-state index in [1.165, 1.54) is 6.92 Å². The number of carbonyl (C=O) groups is 1. The van der Waals surface area contributed by atoms with Crippen LogP contribution in [0.25, 0.3) is 0 Å². The molecule has 0 bridgehead atoms. The summed E-state index contributed by atoms with van der Waals surface area (Å²) in [5.74, 6) is -1.68. The highest BCUT2D eigenvalue weighted by atomic mass is 35.5. The second kappa shape index (κ2) is 5.37. The van der Waals surface area contributed by atoms with Crippen molar-refractivity contribution in [3.8, 4) is 0 Å². The highest BCUT2D eigenvalue weighted by Gasteiger charge is 2.62. The maximum Gasteiger partial charge on any atom is 0.443 e. The van der Waals surface area contributed by atoms with E-state index < -0.39 is 23.8 Å². The highest BCUT2D eigenvalue weighted by Crippen LogP contribution is 2.38. The van der Waals surface area contributed by atoms with Crippen LogP contribution in [0.5, 0.6) is 0 Å². The van der Waals surface area contributed by atoms with Gasteiger partial charge in [-0.2, -0.15) is 13.2 Å². The van der Waals surface area contributed by atoms with Crippen LogP contribution in [0.3, 0.4) is 0 Å². The first-order valence-electron chi connectivity index (χ1n) is 3.97. The van der Waals surface area contributed by atoms with Crippen LogP contribution >= 0.6 is 11.6 Å². The SMILES string of the molecule is C=CCOC(Cl)(C(=O)OCC)C(F)(F)F. The van der Waals surface area contributed by atoms with Crippen LogP contribution in [-0.2, 0) is 14.3 Å². The molecule has 0 N–H and O–H groups in total. The van der Waals surface area contributed by atoms with Crippen molar-refractivity contribution in [1.29, 1.82) is 0 Å². The number of halogens is 4. The summed E-state index contributed by atoms with van der Waals surface area (Å²) in [7, 11) is 0. The third-order valence-corrected chi connectivity index (χ3v) is 1.78. The van der Waals surface area contributed by atoms with Crippen LogP contribution in [0.2, 0.25) is 0 Å². The van der Waals surface area contributed by atoms with Gasteiger partial charge in [-0.25, -0.2) is 4.79 Å². The molecule has 0 saturated heterocycles. The average molecular weight is 247 g/mol. The Morgan fingerprint density at radius 3 is 2.40 bits per heavy atom. The Kier molecular flexibility index (Phi) is 5.10. The fraction of sp³-hybridized carbons (Fsp3) is 0.625.